The molecule has 2 amide bonds. The van der Waals surface area contributed by atoms with Crippen molar-refractivity contribution >= 4 is 23.8 Å². The van der Waals surface area contributed by atoms with Crippen molar-refractivity contribution in [1.82, 2.24) is 10.6 Å². The van der Waals surface area contributed by atoms with Crippen LogP contribution in [-0.4, -0.2) is 72.5 Å². The van der Waals surface area contributed by atoms with Gasteiger partial charge < -0.3 is 30.3 Å². The van der Waals surface area contributed by atoms with Crippen molar-refractivity contribution in [3.05, 3.63) is 85.1 Å². The van der Waals surface area contributed by atoms with Crippen LogP contribution in [0.2, 0.25) is 0 Å². The minimum atomic E-state index is -1.10. The molecule has 1 unspecified atom stereocenters. The number of ether oxygens (including phenoxy) is 2. The van der Waals surface area contributed by atoms with E-state index in [2.05, 4.69) is 78.3 Å². The summed E-state index contributed by atoms with van der Waals surface area (Å²) in [6.07, 6.45) is 32.9. The molecule has 0 aromatic heterocycles. The van der Waals surface area contributed by atoms with E-state index in [-0.39, 0.29) is 31.9 Å². The predicted octanol–water partition coefficient (Wildman–Crippen LogP) is 4.86. The summed E-state index contributed by atoms with van der Waals surface area (Å²) in [6, 6.07) is -1.02. The summed E-state index contributed by atoms with van der Waals surface area (Å²) >= 11 is 0. The fourth-order valence-electron chi connectivity index (χ4n) is 3.66. The molecule has 10 heteroatoms. The van der Waals surface area contributed by atoms with E-state index in [1.54, 1.807) is 6.92 Å². The van der Waals surface area contributed by atoms with Crippen LogP contribution in [0.5, 0.6) is 0 Å². The van der Waals surface area contributed by atoms with Gasteiger partial charge in [0.15, 0.2) is 0 Å². The number of esters is 2. The summed E-state index contributed by atoms with van der Waals surface area (Å²) in [4.78, 5) is 48.2. The number of aliphatic hydroxyl groups excluding tert-OH is 2. The van der Waals surface area contributed by atoms with Crippen molar-refractivity contribution in [2.24, 2.45) is 0 Å². The quantitative estimate of drug-likeness (QED) is 0.0452. The van der Waals surface area contributed by atoms with Gasteiger partial charge in [-0.25, -0.2) is 9.59 Å². The Morgan fingerprint density at radius 1 is 0.717 bits per heavy atom. The van der Waals surface area contributed by atoms with Gasteiger partial charge in [0.2, 0.25) is 11.8 Å². The van der Waals surface area contributed by atoms with Gasteiger partial charge in [0, 0.05) is 25.1 Å². The molecule has 0 saturated heterocycles. The summed E-state index contributed by atoms with van der Waals surface area (Å²) in [5, 5.41) is 23.7. The maximum Gasteiger partial charge on any atom is 0.330 e. The normalized spacial score (nSPS) is 13.0. The second kappa shape index (κ2) is 31.0. The highest BCUT2D eigenvalue weighted by Gasteiger charge is 2.24. The number of carbonyl (C=O) groups excluding carboxylic acids is 4. The van der Waals surface area contributed by atoms with E-state index in [4.69, 9.17) is 9.47 Å². The molecule has 0 fully saturated rings. The monoisotopic (exact) mass is 642 g/mol. The lowest BCUT2D eigenvalue weighted by Gasteiger charge is -2.20. The maximum absolute atomic E-state index is 12.6. The number of hydrogen-bond acceptors (Lipinski definition) is 8. The van der Waals surface area contributed by atoms with Gasteiger partial charge in [-0.3, -0.25) is 9.59 Å². The molecule has 46 heavy (non-hydrogen) atoms. The van der Waals surface area contributed by atoms with Crippen LogP contribution in [0.4, 0.5) is 0 Å². The van der Waals surface area contributed by atoms with Gasteiger partial charge in [0.05, 0.1) is 19.8 Å². The van der Waals surface area contributed by atoms with Crippen LogP contribution in [0.3, 0.4) is 0 Å². The van der Waals surface area contributed by atoms with Crippen LogP contribution in [-0.2, 0) is 28.7 Å². The number of amides is 2. The van der Waals surface area contributed by atoms with Crippen molar-refractivity contribution in [3.63, 3.8) is 0 Å². The third kappa shape index (κ3) is 26.4. The van der Waals surface area contributed by atoms with Crippen LogP contribution < -0.4 is 10.6 Å². The second-order valence-corrected chi connectivity index (χ2v) is 10.0. The summed E-state index contributed by atoms with van der Waals surface area (Å²) in [6.45, 7) is 3.03. The maximum atomic E-state index is 12.6. The number of rotatable bonds is 26. The smallest absolute Gasteiger partial charge is 0.330 e. The first-order chi connectivity index (χ1) is 22.4. The molecule has 0 spiro atoms. The molecule has 0 radical (unpaired) electrons. The summed E-state index contributed by atoms with van der Waals surface area (Å²) in [5.74, 6) is -2.28. The third-order valence-electron chi connectivity index (χ3n) is 6.07. The van der Waals surface area contributed by atoms with Crippen LogP contribution in [0.1, 0.15) is 78.1 Å². The SMILES string of the molecule is CCC=CCC=CCC=CCC=CCC=CCC=CCCC(=O)NC(CCCNC(=O)C=CC(=O)OCC)C(=O)OC(CO)CO. The van der Waals surface area contributed by atoms with Gasteiger partial charge in [-0.15, -0.1) is 0 Å². The molecule has 0 aliphatic rings. The minimum Gasteiger partial charge on any atom is -0.463 e. The zero-order chi connectivity index (χ0) is 34.1. The number of allylic oxidation sites excluding steroid dienone is 12. The molecular weight excluding hydrogens is 588 g/mol. The van der Waals surface area contributed by atoms with Gasteiger partial charge in [-0.1, -0.05) is 79.8 Å². The average Bonchev–Trinajstić information content (AvgIpc) is 3.05. The third-order valence-corrected chi connectivity index (χ3v) is 6.07. The second-order valence-electron chi connectivity index (χ2n) is 10.0. The van der Waals surface area contributed by atoms with Gasteiger partial charge >= 0.3 is 11.9 Å². The molecule has 0 aromatic rings. The van der Waals surface area contributed by atoms with Gasteiger partial charge in [0.1, 0.15) is 12.1 Å². The highest BCUT2D eigenvalue weighted by atomic mass is 16.6. The number of carbonyl (C=O) groups is 4. The molecule has 0 saturated carbocycles. The van der Waals surface area contributed by atoms with E-state index in [1.807, 2.05) is 12.2 Å². The van der Waals surface area contributed by atoms with E-state index in [0.29, 0.717) is 12.8 Å². The van der Waals surface area contributed by atoms with Gasteiger partial charge in [-0.2, -0.15) is 0 Å². The van der Waals surface area contributed by atoms with E-state index >= 15 is 0 Å². The number of hydrogen-bond donors (Lipinski definition) is 4. The molecular formula is C36H54N2O8. The highest BCUT2D eigenvalue weighted by molar-refractivity contribution is 5.94. The zero-order valence-corrected chi connectivity index (χ0v) is 27.5. The lowest BCUT2D eigenvalue weighted by atomic mass is 10.1. The van der Waals surface area contributed by atoms with Crippen LogP contribution in [0.15, 0.2) is 85.1 Å². The molecule has 4 N–H and O–H groups in total. The Bertz CT molecular complexity index is 1050. The molecule has 0 aliphatic heterocycles. The Balaban J connectivity index is 4.44. The summed E-state index contributed by atoms with van der Waals surface area (Å²) < 4.78 is 9.79. The molecule has 0 bridgehead atoms. The highest BCUT2D eigenvalue weighted by Crippen LogP contribution is 2.05. The summed E-state index contributed by atoms with van der Waals surface area (Å²) in [7, 11) is 0. The van der Waals surface area contributed by atoms with Crippen molar-refractivity contribution in [2.75, 3.05) is 26.4 Å². The first-order valence-electron chi connectivity index (χ1n) is 16.1. The Kier molecular flexibility index (Phi) is 28.3. The van der Waals surface area contributed by atoms with Crippen LogP contribution >= 0.6 is 0 Å². The fraction of sp³-hybridized carbons (Fsp3) is 0.500. The standard InChI is InChI=1S/C36H54N2O8/c1-3-5-6-7-8-9-10-11-12-13-14-15-16-17-18-19-20-21-22-25-34(42)38-32(36(44)46-31(29-39)30-40)24-23-28-37-33(41)26-27-35(43)45-4-2/h5-6,8-9,11-12,14-15,17-18,20-21,26-27,31-32,39-40H,3-4,7,10,13,16,19,22-25,28-30H2,1-2H3,(H,37,41)(H,38,42). The number of aliphatic hydroxyl groups is 2. The fourth-order valence-corrected chi connectivity index (χ4v) is 3.66. The van der Waals surface area contributed by atoms with E-state index in [1.165, 1.54) is 0 Å². The molecule has 0 aliphatic carbocycles. The van der Waals surface area contributed by atoms with Crippen LogP contribution in [0.25, 0.3) is 0 Å². The van der Waals surface area contributed by atoms with E-state index in [0.717, 1.165) is 50.7 Å². The Morgan fingerprint density at radius 2 is 1.24 bits per heavy atom. The molecule has 0 aromatic carbocycles. The van der Waals surface area contributed by atoms with Crippen molar-refractivity contribution in [2.45, 2.75) is 90.2 Å². The molecule has 1 atom stereocenters. The van der Waals surface area contributed by atoms with Crippen molar-refractivity contribution in [1.29, 1.82) is 0 Å². The molecule has 0 heterocycles. The summed E-state index contributed by atoms with van der Waals surface area (Å²) in [5.41, 5.74) is 0. The van der Waals surface area contributed by atoms with Gasteiger partial charge in [-0.05, 0) is 64.7 Å². The lowest BCUT2D eigenvalue weighted by Crippen LogP contribution is -2.44. The van der Waals surface area contributed by atoms with Crippen molar-refractivity contribution in [3.8, 4) is 0 Å². The molecule has 256 valence electrons. The minimum absolute atomic E-state index is 0.149. The first-order valence-corrected chi connectivity index (χ1v) is 16.1. The Hall–Kier alpha value is -4.02. The van der Waals surface area contributed by atoms with E-state index in [9.17, 15) is 29.4 Å². The molecule has 10 nitrogen and oxygen atoms in total. The predicted molar refractivity (Wildman–Crippen MR) is 181 cm³/mol. The van der Waals surface area contributed by atoms with Gasteiger partial charge in [0.25, 0.3) is 0 Å². The lowest BCUT2D eigenvalue weighted by molar-refractivity contribution is -0.157. The zero-order valence-electron chi connectivity index (χ0n) is 27.5. The largest absolute Gasteiger partial charge is 0.463 e. The Morgan fingerprint density at radius 3 is 1.74 bits per heavy atom. The topological polar surface area (TPSA) is 151 Å². The number of nitrogens with one attached hydrogen (secondary N) is 2. The first kappa shape index (κ1) is 42.0. The molecule has 0 rings (SSSR count). The van der Waals surface area contributed by atoms with E-state index < -0.39 is 43.2 Å². The average molecular weight is 643 g/mol. The Labute approximate surface area is 274 Å². The van der Waals surface area contributed by atoms with Crippen LogP contribution in [0, 0.1) is 0 Å². The van der Waals surface area contributed by atoms with Crippen molar-refractivity contribution < 1.29 is 38.9 Å².